The molecule has 0 aliphatic carbocycles. The van der Waals surface area contributed by atoms with Gasteiger partial charge in [0, 0.05) is 12.6 Å². The van der Waals surface area contributed by atoms with Gasteiger partial charge in [0.2, 0.25) is 0 Å². The Balaban J connectivity index is 2.65. The molecule has 6 heteroatoms. The molecule has 2 rings (SSSR count). The summed E-state index contributed by atoms with van der Waals surface area (Å²) < 4.78 is 12.0. The van der Waals surface area contributed by atoms with Crippen LogP contribution in [0.25, 0.3) is 11.1 Å². The molecular formula is C13H15N3O3. The van der Waals surface area contributed by atoms with Crippen LogP contribution in [0, 0.1) is 0 Å². The van der Waals surface area contributed by atoms with Crippen LogP contribution in [0.5, 0.6) is 11.5 Å². The molecule has 0 aliphatic heterocycles. The predicted octanol–water partition coefficient (Wildman–Crippen LogP) is 1.50. The second kappa shape index (κ2) is 5.01. The highest BCUT2D eigenvalue weighted by molar-refractivity contribution is 5.87. The molecule has 0 bridgehead atoms. The van der Waals surface area contributed by atoms with Gasteiger partial charge < -0.3 is 15.2 Å². The van der Waals surface area contributed by atoms with Gasteiger partial charge in [-0.05, 0) is 17.7 Å². The zero-order chi connectivity index (χ0) is 14.0. The SMILES string of the molecule is COc1cc(-c2cnn(C)c2N)cc(C=O)c1OC. The van der Waals surface area contributed by atoms with Crippen LogP contribution in [0.2, 0.25) is 0 Å². The van der Waals surface area contributed by atoms with Gasteiger partial charge in [0.05, 0.1) is 26.0 Å². The highest BCUT2D eigenvalue weighted by Gasteiger charge is 2.15. The third-order valence-electron chi connectivity index (χ3n) is 2.93. The molecule has 19 heavy (non-hydrogen) atoms. The summed E-state index contributed by atoms with van der Waals surface area (Å²) in [6.07, 6.45) is 2.36. The van der Waals surface area contributed by atoms with E-state index in [9.17, 15) is 4.79 Å². The second-order valence-corrected chi connectivity index (χ2v) is 3.99. The average Bonchev–Trinajstić information content (AvgIpc) is 2.77. The summed E-state index contributed by atoms with van der Waals surface area (Å²) in [5, 5.41) is 4.08. The standard InChI is InChI=1S/C13H15N3O3/c1-16-13(14)10(6-15-16)8-4-9(7-17)12(19-3)11(5-8)18-2/h4-7H,14H2,1-3H3. The molecule has 1 heterocycles. The van der Waals surface area contributed by atoms with Crippen molar-refractivity contribution in [2.24, 2.45) is 7.05 Å². The number of anilines is 1. The number of ether oxygens (including phenoxy) is 2. The number of carbonyl (C=O) groups excluding carboxylic acids is 1. The average molecular weight is 261 g/mol. The molecule has 1 aromatic carbocycles. The number of hydrogen-bond donors (Lipinski definition) is 1. The van der Waals surface area contributed by atoms with Crippen LogP contribution in [-0.4, -0.2) is 30.3 Å². The first-order valence-electron chi connectivity index (χ1n) is 5.61. The Hall–Kier alpha value is -2.50. The molecule has 100 valence electrons. The summed E-state index contributed by atoms with van der Waals surface area (Å²) in [7, 11) is 4.76. The first-order chi connectivity index (χ1) is 9.12. The molecule has 2 aromatic rings. The van der Waals surface area contributed by atoms with E-state index < -0.39 is 0 Å². The molecule has 1 aromatic heterocycles. The molecule has 0 unspecified atom stereocenters. The third kappa shape index (κ3) is 2.12. The largest absolute Gasteiger partial charge is 0.493 e. The van der Waals surface area contributed by atoms with Gasteiger partial charge in [0.15, 0.2) is 17.8 Å². The van der Waals surface area contributed by atoms with Crippen molar-refractivity contribution in [1.29, 1.82) is 0 Å². The zero-order valence-electron chi connectivity index (χ0n) is 11.0. The minimum Gasteiger partial charge on any atom is -0.493 e. The van der Waals surface area contributed by atoms with E-state index in [2.05, 4.69) is 5.10 Å². The summed E-state index contributed by atoms with van der Waals surface area (Å²) in [4.78, 5) is 11.1. The van der Waals surface area contributed by atoms with Crippen molar-refractivity contribution in [3.8, 4) is 22.6 Å². The van der Waals surface area contributed by atoms with Crippen LogP contribution < -0.4 is 15.2 Å². The maximum atomic E-state index is 11.1. The highest BCUT2D eigenvalue weighted by atomic mass is 16.5. The fraction of sp³-hybridized carbons (Fsp3) is 0.231. The van der Waals surface area contributed by atoms with E-state index in [0.29, 0.717) is 22.9 Å². The zero-order valence-corrected chi connectivity index (χ0v) is 11.0. The summed E-state index contributed by atoms with van der Waals surface area (Å²) in [6.45, 7) is 0. The molecule has 0 radical (unpaired) electrons. The fourth-order valence-electron chi connectivity index (χ4n) is 1.91. The molecule has 0 aliphatic rings. The molecule has 0 atom stereocenters. The number of hydrogen-bond acceptors (Lipinski definition) is 5. The lowest BCUT2D eigenvalue weighted by Crippen LogP contribution is -1.99. The fourth-order valence-corrected chi connectivity index (χ4v) is 1.91. The van der Waals surface area contributed by atoms with Crippen LogP contribution in [0.4, 0.5) is 5.82 Å². The van der Waals surface area contributed by atoms with Crippen molar-refractivity contribution in [2.75, 3.05) is 20.0 Å². The van der Waals surface area contributed by atoms with Gasteiger partial charge in [-0.15, -0.1) is 0 Å². The van der Waals surface area contributed by atoms with Crippen LogP contribution in [0.1, 0.15) is 10.4 Å². The van der Waals surface area contributed by atoms with Crippen LogP contribution in [-0.2, 0) is 7.05 Å². The van der Waals surface area contributed by atoms with Crippen molar-refractivity contribution < 1.29 is 14.3 Å². The van der Waals surface area contributed by atoms with Gasteiger partial charge in [0.25, 0.3) is 0 Å². The summed E-state index contributed by atoms with van der Waals surface area (Å²) in [5.74, 6) is 1.40. The number of rotatable bonds is 4. The van der Waals surface area contributed by atoms with Gasteiger partial charge in [-0.3, -0.25) is 9.48 Å². The van der Waals surface area contributed by atoms with Crippen molar-refractivity contribution in [3.63, 3.8) is 0 Å². The normalized spacial score (nSPS) is 10.3. The summed E-state index contributed by atoms with van der Waals surface area (Å²) in [6, 6.07) is 3.46. The van der Waals surface area contributed by atoms with Gasteiger partial charge >= 0.3 is 0 Å². The molecule has 0 saturated heterocycles. The van der Waals surface area contributed by atoms with Crippen LogP contribution in [0.15, 0.2) is 18.3 Å². The quantitative estimate of drug-likeness (QED) is 0.844. The van der Waals surface area contributed by atoms with Gasteiger partial charge in [-0.1, -0.05) is 0 Å². The van der Waals surface area contributed by atoms with E-state index in [1.165, 1.54) is 14.2 Å². The number of nitrogen functional groups attached to an aromatic ring is 1. The number of benzene rings is 1. The molecule has 0 spiro atoms. The lowest BCUT2D eigenvalue weighted by Gasteiger charge is -2.12. The van der Waals surface area contributed by atoms with E-state index >= 15 is 0 Å². The minimum absolute atomic E-state index is 0.403. The first kappa shape index (κ1) is 12.9. The third-order valence-corrected chi connectivity index (χ3v) is 2.93. The van der Waals surface area contributed by atoms with E-state index in [-0.39, 0.29) is 0 Å². The Morgan fingerprint density at radius 2 is 2.05 bits per heavy atom. The maximum Gasteiger partial charge on any atom is 0.171 e. The molecule has 0 fully saturated rings. The number of nitrogens with zero attached hydrogens (tertiary/aromatic N) is 2. The molecule has 0 saturated carbocycles. The van der Waals surface area contributed by atoms with Crippen molar-refractivity contribution >= 4 is 12.1 Å². The molecule has 0 amide bonds. The van der Waals surface area contributed by atoms with E-state index in [0.717, 1.165) is 17.4 Å². The van der Waals surface area contributed by atoms with E-state index in [1.807, 2.05) is 0 Å². The highest BCUT2D eigenvalue weighted by Crippen LogP contribution is 2.36. The minimum atomic E-state index is 0.403. The van der Waals surface area contributed by atoms with Crippen molar-refractivity contribution in [3.05, 3.63) is 23.9 Å². The van der Waals surface area contributed by atoms with Gasteiger partial charge in [0.1, 0.15) is 5.82 Å². The number of aldehydes is 1. The van der Waals surface area contributed by atoms with Gasteiger partial charge in [-0.25, -0.2) is 0 Å². The number of carbonyl (C=O) groups is 1. The topological polar surface area (TPSA) is 79.4 Å². The number of nitrogens with two attached hydrogens (primary N) is 1. The first-order valence-corrected chi connectivity index (χ1v) is 5.61. The Labute approximate surface area is 110 Å². The summed E-state index contributed by atoms with van der Waals surface area (Å²) in [5.41, 5.74) is 7.83. The number of aryl methyl sites for hydroxylation is 1. The Bertz CT molecular complexity index is 620. The molecule has 2 N–H and O–H groups in total. The molecule has 6 nitrogen and oxygen atoms in total. The smallest absolute Gasteiger partial charge is 0.171 e. The van der Waals surface area contributed by atoms with Crippen molar-refractivity contribution in [1.82, 2.24) is 9.78 Å². The van der Waals surface area contributed by atoms with Crippen molar-refractivity contribution in [2.45, 2.75) is 0 Å². The second-order valence-electron chi connectivity index (χ2n) is 3.99. The lowest BCUT2D eigenvalue weighted by atomic mass is 10.0. The monoisotopic (exact) mass is 261 g/mol. The van der Waals surface area contributed by atoms with Crippen LogP contribution in [0.3, 0.4) is 0 Å². The number of methoxy groups -OCH3 is 2. The Morgan fingerprint density at radius 1 is 1.32 bits per heavy atom. The Kier molecular flexibility index (Phi) is 3.41. The Morgan fingerprint density at radius 3 is 2.53 bits per heavy atom. The van der Waals surface area contributed by atoms with E-state index in [1.54, 1.807) is 30.1 Å². The van der Waals surface area contributed by atoms with E-state index in [4.69, 9.17) is 15.2 Å². The maximum absolute atomic E-state index is 11.1. The van der Waals surface area contributed by atoms with Crippen LogP contribution >= 0.6 is 0 Å². The number of aromatic nitrogens is 2. The predicted molar refractivity (Wildman–Crippen MR) is 71.5 cm³/mol. The van der Waals surface area contributed by atoms with Gasteiger partial charge in [-0.2, -0.15) is 5.10 Å². The summed E-state index contributed by atoms with van der Waals surface area (Å²) >= 11 is 0. The molecular weight excluding hydrogens is 246 g/mol. The lowest BCUT2D eigenvalue weighted by molar-refractivity contribution is 0.112.